The number of ether oxygens (including phenoxy) is 1. The SMILES string of the molecule is O=S(=O)(O)O.OCC1[CH-]C(O)CCO1.[Na+]. The van der Waals surface area contributed by atoms with Gasteiger partial charge in [0.2, 0.25) is 0 Å². The van der Waals surface area contributed by atoms with Crippen LogP contribution in [0.5, 0.6) is 0 Å². The molecular formula is C6H13NaO7S. The maximum atomic E-state index is 8.96. The molecular weight excluding hydrogens is 239 g/mol. The zero-order valence-corrected chi connectivity index (χ0v) is 11.1. The summed E-state index contributed by atoms with van der Waals surface area (Å²) in [5.41, 5.74) is 0. The molecule has 0 radical (unpaired) electrons. The molecule has 0 aromatic heterocycles. The third kappa shape index (κ3) is 14.8. The molecule has 7 nitrogen and oxygen atoms in total. The van der Waals surface area contributed by atoms with E-state index in [1.54, 1.807) is 6.42 Å². The third-order valence-corrected chi connectivity index (χ3v) is 1.36. The van der Waals surface area contributed by atoms with Gasteiger partial charge in [-0.2, -0.15) is 8.42 Å². The van der Waals surface area contributed by atoms with E-state index in [2.05, 4.69) is 0 Å². The van der Waals surface area contributed by atoms with Crippen molar-refractivity contribution in [1.29, 1.82) is 0 Å². The molecule has 4 N–H and O–H groups in total. The van der Waals surface area contributed by atoms with Crippen molar-refractivity contribution in [3.05, 3.63) is 6.42 Å². The Hall–Kier alpha value is 0.750. The Morgan fingerprint density at radius 1 is 1.40 bits per heavy atom. The van der Waals surface area contributed by atoms with Gasteiger partial charge in [0.05, 0.1) is 0 Å². The zero-order chi connectivity index (χ0) is 11.2. The van der Waals surface area contributed by atoms with Crippen LogP contribution >= 0.6 is 0 Å². The van der Waals surface area contributed by atoms with Crippen molar-refractivity contribution < 1.29 is 62.0 Å². The van der Waals surface area contributed by atoms with Gasteiger partial charge >= 0.3 is 40.0 Å². The first-order chi connectivity index (χ1) is 6.33. The Morgan fingerprint density at radius 3 is 2.13 bits per heavy atom. The summed E-state index contributed by atoms with van der Waals surface area (Å²) in [5.74, 6) is 0. The molecule has 9 heteroatoms. The first-order valence-electron chi connectivity index (χ1n) is 3.78. The van der Waals surface area contributed by atoms with Gasteiger partial charge in [-0.3, -0.25) is 15.5 Å². The number of hydrogen-bond acceptors (Lipinski definition) is 5. The molecule has 0 aromatic carbocycles. The van der Waals surface area contributed by atoms with Gasteiger partial charge in [-0.1, -0.05) is 6.10 Å². The maximum Gasteiger partial charge on any atom is 1.00 e. The quantitative estimate of drug-likeness (QED) is 0.211. The molecule has 0 saturated carbocycles. The fourth-order valence-corrected chi connectivity index (χ4v) is 0.853. The van der Waals surface area contributed by atoms with Gasteiger partial charge in [-0.15, -0.1) is 0 Å². The minimum absolute atomic E-state index is 0. The normalized spacial score (nSPS) is 25.9. The fraction of sp³-hybridized carbons (Fsp3) is 0.833. The van der Waals surface area contributed by atoms with Crippen LogP contribution in [-0.4, -0.2) is 53.2 Å². The molecule has 0 aromatic rings. The molecule has 1 aliphatic heterocycles. The van der Waals surface area contributed by atoms with Crippen LogP contribution in [0, 0.1) is 6.42 Å². The van der Waals surface area contributed by atoms with Crippen molar-refractivity contribution in [2.45, 2.75) is 18.6 Å². The maximum absolute atomic E-state index is 8.96. The van der Waals surface area contributed by atoms with E-state index in [-0.39, 0.29) is 42.3 Å². The minimum atomic E-state index is -4.67. The number of aliphatic hydroxyl groups is 2. The first kappa shape index (κ1) is 18.1. The molecule has 1 rings (SSSR count). The Balaban J connectivity index is 0. The number of aliphatic hydroxyl groups excluding tert-OH is 2. The zero-order valence-electron chi connectivity index (χ0n) is 8.28. The van der Waals surface area contributed by atoms with Crippen molar-refractivity contribution in [2.75, 3.05) is 13.2 Å². The van der Waals surface area contributed by atoms with Crippen LogP contribution in [0.15, 0.2) is 0 Å². The molecule has 2 unspecified atom stereocenters. The standard InChI is InChI=1S/C6H11O3.Na.H2O4S/c7-4-6-3-5(8)1-2-9-6;;1-5(2,3)4/h3,5-8H,1-2,4H2;;(H2,1,2,3,4)/q-1;+1;. The second-order valence-electron chi connectivity index (χ2n) is 2.59. The van der Waals surface area contributed by atoms with Gasteiger partial charge in [0.1, 0.15) is 0 Å². The van der Waals surface area contributed by atoms with Crippen LogP contribution < -0.4 is 29.6 Å². The third-order valence-electron chi connectivity index (χ3n) is 1.36. The van der Waals surface area contributed by atoms with Crippen LogP contribution in [-0.2, 0) is 15.1 Å². The summed E-state index contributed by atoms with van der Waals surface area (Å²) in [6, 6.07) is 0. The molecule has 0 amide bonds. The van der Waals surface area contributed by atoms with E-state index in [1.165, 1.54) is 0 Å². The van der Waals surface area contributed by atoms with Gasteiger partial charge < -0.3 is 14.9 Å². The molecule has 0 spiro atoms. The van der Waals surface area contributed by atoms with Crippen LogP contribution in [0.4, 0.5) is 0 Å². The van der Waals surface area contributed by atoms with Gasteiger partial charge in [0.15, 0.2) is 0 Å². The van der Waals surface area contributed by atoms with Gasteiger partial charge in [-0.05, 0) is 12.5 Å². The summed E-state index contributed by atoms with van der Waals surface area (Å²) in [7, 11) is -4.67. The summed E-state index contributed by atoms with van der Waals surface area (Å²) in [6.45, 7) is 0.514. The fourth-order valence-electron chi connectivity index (χ4n) is 0.853. The van der Waals surface area contributed by atoms with Crippen LogP contribution in [0.2, 0.25) is 0 Å². The first-order valence-corrected chi connectivity index (χ1v) is 5.18. The second kappa shape index (κ2) is 8.85. The van der Waals surface area contributed by atoms with Crippen LogP contribution in [0.1, 0.15) is 6.42 Å². The topological polar surface area (TPSA) is 124 Å². The van der Waals surface area contributed by atoms with Gasteiger partial charge in [-0.25, -0.2) is 0 Å². The average Bonchev–Trinajstić information content (AvgIpc) is 2.01. The summed E-state index contributed by atoms with van der Waals surface area (Å²) >= 11 is 0. The van der Waals surface area contributed by atoms with E-state index in [1.807, 2.05) is 0 Å². The van der Waals surface area contributed by atoms with E-state index in [9.17, 15) is 0 Å². The molecule has 1 heterocycles. The smallest absolute Gasteiger partial charge is 0.425 e. The Morgan fingerprint density at radius 2 is 1.87 bits per heavy atom. The number of hydrogen-bond donors (Lipinski definition) is 4. The molecule has 1 saturated heterocycles. The second-order valence-corrected chi connectivity index (χ2v) is 3.48. The van der Waals surface area contributed by atoms with Gasteiger partial charge in [0, 0.05) is 13.2 Å². The Kier molecular flexibility index (Phi) is 10.7. The van der Waals surface area contributed by atoms with Crippen molar-refractivity contribution >= 4 is 10.4 Å². The molecule has 15 heavy (non-hydrogen) atoms. The summed E-state index contributed by atoms with van der Waals surface area (Å²) in [5, 5.41) is 17.5. The molecule has 0 bridgehead atoms. The van der Waals surface area contributed by atoms with Crippen LogP contribution in [0.25, 0.3) is 0 Å². The molecule has 0 aliphatic carbocycles. The van der Waals surface area contributed by atoms with E-state index >= 15 is 0 Å². The monoisotopic (exact) mass is 252 g/mol. The molecule has 1 fully saturated rings. The van der Waals surface area contributed by atoms with Crippen molar-refractivity contribution in [2.24, 2.45) is 0 Å². The predicted octanol–water partition coefficient (Wildman–Crippen LogP) is -4.32. The van der Waals surface area contributed by atoms with E-state index in [4.69, 9.17) is 32.5 Å². The summed E-state index contributed by atoms with van der Waals surface area (Å²) in [6.07, 6.45) is 1.62. The average molecular weight is 252 g/mol. The Labute approximate surface area is 110 Å². The minimum Gasteiger partial charge on any atom is -0.425 e. The summed E-state index contributed by atoms with van der Waals surface area (Å²) in [4.78, 5) is 0. The molecule has 1 aliphatic rings. The van der Waals surface area contributed by atoms with E-state index < -0.39 is 16.5 Å². The Bertz CT molecular complexity index is 234. The van der Waals surface area contributed by atoms with E-state index in [0.717, 1.165) is 0 Å². The molecule has 2 atom stereocenters. The largest absolute Gasteiger partial charge is 1.00 e. The van der Waals surface area contributed by atoms with E-state index in [0.29, 0.717) is 13.0 Å². The van der Waals surface area contributed by atoms with Crippen molar-refractivity contribution in [1.82, 2.24) is 0 Å². The van der Waals surface area contributed by atoms with Crippen LogP contribution in [0.3, 0.4) is 0 Å². The van der Waals surface area contributed by atoms with Crippen molar-refractivity contribution in [3.8, 4) is 0 Å². The summed E-state index contributed by atoms with van der Waals surface area (Å²) < 4.78 is 36.6. The van der Waals surface area contributed by atoms with Gasteiger partial charge in [0.25, 0.3) is 0 Å². The predicted molar refractivity (Wildman–Crippen MR) is 45.9 cm³/mol. The molecule has 86 valence electrons. The van der Waals surface area contributed by atoms with Crippen molar-refractivity contribution in [3.63, 3.8) is 0 Å². The number of rotatable bonds is 1.